The zero-order valence-electron chi connectivity index (χ0n) is 18.3. The van der Waals surface area contributed by atoms with Crippen LogP contribution in [0.5, 0.6) is 0 Å². The van der Waals surface area contributed by atoms with Gasteiger partial charge in [0.25, 0.3) is 0 Å². The predicted octanol–water partition coefficient (Wildman–Crippen LogP) is 4.72. The molecule has 0 atom stereocenters. The average Bonchev–Trinajstić information content (AvgIpc) is 3.42. The van der Waals surface area contributed by atoms with Gasteiger partial charge in [-0.15, -0.1) is 17.8 Å². The van der Waals surface area contributed by atoms with Crippen LogP contribution < -0.4 is 11.1 Å². The summed E-state index contributed by atoms with van der Waals surface area (Å²) in [7, 11) is 0. The summed E-state index contributed by atoms with van der Waals surface area (Å²) in [6, 6.07) is 4.84. The lowest BCUT2D eigenvalue weighted by atomic mass is 9.81. The molecule has 1 amide bonds. The van der Waals surface area contributed by atoms with E-state index in [0.717, 1.165) is 53.1 Å². The molecule has 1 aromatic carbocycles. The Morgan fingerprint density at radius 2 is 2.15 bits per heavy atom. The summed E-state index contributed by atoms with van der Waals surface area (Å²) in [6.07, 6.45) is 13.2. The molecule has 0 unspecified atom stereocenters. The molecule has 0 spiro atoms. The van der Waals surface area contributed by atoms with E-state index >= 15 is 0 Å². The Labute approximate surface area is 195 Å². The van der Waals surface area contributed by atoms with Crippen LogP contribution in [-0.2, 0) is 4.79 Å². The summed E-state index contributed by atoms with van der Waals surface area (Å²) in [6.45, 7) is 2.27. The monoisotopic (exact) mass is 461 g/mol. The van der Waals surface area contributed by atoms with E-state index in [9.17, 15) is 9.18 Å². The molecule has 1 aliphatic carbocycles. The van der Waals surface area contributed by atoms with Crippen LogP contribution in [0.2, 0.25) is 0 Å². The summed E-state index contributed by atoms with van der Waals surface area (Å²) in [5.74, 6) is 4.44. The van der Waals surface area contributed by atoms with Crippen molar-refractivity contribution in [3.63, 3.8) is 0 Å². The van der Waals surface area contributed by atoms with Crippen molar-refractivity contribution in [3.8, 4) is 22.9 Å². The van der Waals surface area contributed by atoms with Crippen LogP contribution >= 0.6 is 11.3 Å². The Kier molecular flexibility index (Phi) is 5.51. The van der Waals surface area contributed by atoms with Gasteiger partial charge in [0.1, 0.15) is 28.7 Å². The zero-order chi connectivity index (χ0) is 23.1. The average molecular weight is 462 g/mol. The number of amides is 1. The summed E-state index contributed by atoms with van der Waals surface area (Å²) in [4.78, 5) is 21.4. The smallest absolute Gasteiger partial charge is 0.216 e. The largest absolute Gasteiger partial charge is 0.382 e. The Balaban J connectivity index is 1.55. The molecule has 3 aromatic heterocycles. The SMILES string of the molecule is C#Cc1ccc(F)c2cc(-c3nc(C4CCC(CNC(C)=O)CC4)n4ccnc(N)c34)sc12. The molecule has 0 radical (unpaired) electrons. The molecule has 0 aliphatic heterocycles. The van der Waals surface area contributed by atoms with E-state index in [-0.39, 0.29) is 17.6 Å². The third kappa shape index (κ3) is 3.83. The number of thiophene rings is 1. The third-order valence-electron chi connectivity index (χ3n) is 6.48. The number of nitrogen functional groups attached to an aromatic ring is 1. The molecule has 3 heterocycles. The van der Waals surface area contributed by atoms with Gasteiger partial charge in [0.05, 0.1) is 9.58 Å². The van der Waals surface area contributed by atoms with Crippen molar-refractivity contribution in [2.45, 2.75) is 38.5 Å². The second kappa shape index (κ2) is 8.49. The van der Waals surface area contributed by atoms with Crippen LogP contribution in [0.4, 0.5) is 10.2 Å². The second-order valence-electron chi connectivity index (χ2n) is 8.60. The van der Waals surface area contributed by atoms with E-state index in [1.807, 2.05) is 10.6 Å². The van der Waals surface area contributed by atoms with Gasteiger partial charge in [-0.3, -0.25) is 9.20 Å². The van der Waals surface area contributed by atoms with Gasteiger partial charge in [-0.1, -0.05) is 5.92 Å². The first kappa shape index (κ1) is 21.4. The summed E-state index contributed by atoms with van der Waals surface area (Å²) >= 11 is 1.43. The number of carbonyl (C=O) groups excluding carboxylic acids is 1. The van der Waals surface area contributed by atoms with Crippen molar-refractivity contribution >= 4 is 38.7 Å². The first-order valence-corrected chi connectivity index (χ1v) is 11.8. The van der Waals surface area contributed by atoms with Crippen LogP contribution in [-0.4, -0.2) is 26.8 Å². The van der Waals surface area contributed by atoms with E-state index in [0.29, 0.717) is 28.4 Å². The Morgan fingerprint density at radius 1 is 1.36 bits per heavy atom. The van der Waals surface area contributed by atoms with Crippen LogP contribution in [0.15, 0.2) is 30.6 Å². The molecule has 4 aromatic rings. The number of anilines is 1. The highest BCUT2D eigenvalue weighted by Crippen LogP contribution is 2.42. The number of nitrogens with one attached hydrogen (secondary N) is 1. The number of hydrogen-bond donors (Lipinski definition) is 2. The fourth-order valence-electron chi connectivity index (χ4n) is 4.78. The number of benzene rings is 1. The molecule has 1 fully saturated rings. The molecule has 1 aliphatic rings. The first-order chi connectivity index (χ1) is 16.0. The summed E-state index contributed by atoms with van der Waals surface area (Å²) in [5, 5.41) is 3.43. The van der Waals surface area contributed by atoms with Gasteiger partial charge in [0.15, 0.2) is 0 Å². The van der Waals surface area contributed by atoms with Gasteiger partial charge >= 0.3 is 0 Å². The molecule has 168 valence electrons. The zero-order valence-corrected chi connectivity index (χ0v) is 19.1. The molecule has 8 heteroatoms. The van der Waals surface area contributed by atoms with E-state index in [2.05, 4.69) is 16.2 Å². The molecular formula is C25H24FN5OS. The minimum absolute atomic E-state index is 0.0109. The fraction of sp³-hybridized carbons (Fsp3) is 0.320. The highest BCUT2D eigenvalue weighted by molar-refractivity contribution is 7.22. The van der Waals surface area contributed by atoms with Gasteiger partial charge in [-0.25, -0.2) is 14.4 Å². The third-order valence-corrected chi connectivity index (χ3v) is 7.66. The fourth-order valence-corrected chi connectivity index (χ4v) is 5.92. The molecule has 3 N–H and O–H groups in total. The van der Waals surface area contributed by atoms with Gasteiger partial charge < -0.3 is 11.1 Å². The predicted molar refractivity (Wildman–Crippen MR) is 129 cm³/mol. The topological polar surface area (TPSA) is 85.3 Å². The normalized spacial score (nSPS) is 18.5. The lowest BCUT2D eigenvalue weighted by Crippen LogP contribution is -2.29. The Morgan fingerprint density at radius 3 is 2.88 bits per heavy atom. The summed E-state index contributed by atoms with van der Waals surface area (Å²) < 4.78 is 17.3. The van der Waals surface area contributed by atoms with Crippen molar-refractivity contribution in [1.82, 2.24) is 19.7 Å². The molecule has 33 heavy (non-hydrogen) atoms. The van der Waals surface area contributed by atoms with Gasteiger partial charge in [-0.2, -0.15) is 0 Å². The second-order valence-corrected chi connectivity index (χ2v) is 9.65. The molecule has 0 saturated heterocycles. The number of imidazole rings is 1. The highest BCUT2D eigenvalue weighted by Gasteiger charge is 2.28. The van der Waals surface area contributed by atoms with Gasteiger partial charge in [-0.05, 0) is 49.8 Å². The minimum Gasteiger partial charge on any atom is -0.382 e. The Bertz CT molecular complexity index is 1410. The van der Waals surface area contributed by atoms with Crippen LogP contribution in [0.25, 0.3) is 26.2 Å². The molecular weight excluding hydrogens is 437 g/mol. The van der Waals surface area contributed by atoms with Crippen molar-refractivity contribution in [3.05, 3.63) is 47.8 Å². The molecule has 0 bridgehead atoms. The van der Waals surface area contributed by atoms with E-state index < -0.39 is 0 Å². The maximum absolute atomic E-state index is 14.5. The van der Waals surface area contributed by atoms with Crippen molar-refractivity contribution in [2.24, 2.45) is 5.92 Å². The van der Waals surface area contributed by atoms with Crippen molar-refractivity contribution < 1.29 is 9.18 Å². The van der Waals surface area contributed by atoms with Gasteiger partial charge in [0, 0.05) is 42.7 Å². The molecule has 1 saturated carbocycles. The number of hydrogen-bond acceptors (Lipinski definition) is 5. The number of rotatable bonds is 4. The number of nitrogens with two attached hydrogens (primary N) is 1. The number of nitrogens with zero attached hydrogens (tertiary/aromatic N) is 3. The van der Waals surface area contributed by atoms with E-state index in [1.54, 1.807) is 25.3 Å². The standard InChI is InChI=1S/C25H24FN5OS/c1-3-16-8-9-19(26)18-12-20(33-23(16)18)21-22-24(27)28-10-11-31(22)25(30-21)17-6-4-15(5-7-17)13-29-14(2)32/h1,8-12,15,17H,4-7,13H2,2H3,(H2,27,28)(H,29,32). The minimum atomic E-state index is -0.307. The van der Waals surface area contributed by atoms with E-state index in [4.69, 9.17) is 17.1 Å². The Hall–Kier alpha value is -3.44. The molecule has 5 rings (SSSR count). The van der Waals surface area contributed by atoms with Gasteiger partial charge in [0.2, 0.25) is 5.91 Å². The quantitative estimate of drug-likeness (QED) is 0.431. The number of halogens is 1. The van der Waals surface area contributed by atoms with Crippen molar-refractivity contribution in [2.75, 3.05) is 12.3 Å². The van der Waals surface area contributed by atoms with Crippen molar-refractivity contribution in [1.29, 1.82) is 0 Å². The van der Waals surface area contributed by atoms with Crippen LogP contribution in [0, 0.1) is 24.1 Å². The van der Waals surface area contributed by atoms with Crippen LogP contribution in [0.3, 0.4) is 0 Å². The number of aromatic nitrogens is 3. The number of fused-ring (bicyclic) bond motifs is 2. The summed E-state index contributed by atoms with van der Waals surface area (Å²) in [5.41, 5.74) is 8.40. The maximum atomic E-state index is 14.5. The lowest BCUT2D eigenvalue weighted by Gasteiger charge is -2.27. The van der Waals surface area contributed by atoms with Crippen LogP contribution in [0.1, 0.15) is 49.9 Å². The first-order valence-electron chi connectivity index (χ1n) is 11.0. The number of carbonyl (C=O) groups is 1. The highest BCUT2D eigenvalue weighted by atomic mass is 32.1. The number of terminal acetylenes is 1. The molecule has 6 nitrogen and oxygen atoms in total. The maximum Gasteiger partial charge on any atom is 0.216 e. The van der Waals surface area contributed by atoms with E-state index in [1.165, 1.54) is 17.4 Å². The lowest BCUT2D eigenvalue weighted by molar-refractivity contribution is -0.119.